The topological polar surface area (TPSA) is 46.0 Å². The number of aryl methyl sites for hydroxylation is 1. The molecule has 98 valence electrons. The molecule has 1 rings (SSSR count). The van der Waals surface area contributed by atoms with Gasteiger partial charge in [-0.1, -0.05) is 13.8 Å². The summed E-state index contributed by atoms with van der Waals surface area (Å²) in [5.41, 5.74) is 0. The molecule has 1 aromatic heterocycles. The molecule has 0 aliphatic carbocycles. The number of nitrogens with one attached hydrogen (secondary N) is 1. The van der Waals surface area contributed by atoms with Crippen LogP contribution in [0.2, 0.25) is 0 Å². The molecule has 1 aromatic rings. The summed E-state index contributed by atoms with van der Waals surface area (Å²) in [5, 5.41) is 7.83. The standard InChI is InChI=1S/C12H25N5/c1-5-7-13-11(9-16(3)4)12-14-10-15-17(12)8-6-2/h10-11,13H,5-9H2,1-4H3. The molecule has 1 heterocycles. The second-order valence-corrected chi connectivity index (χ2v) is 4.61. The van der Waals surface area contributed by atoms with Gasteiger partial charge in [0, 0.05) is 13.1 Å². The largest absolute Gasteiger partial charge is 0.307 e. The molecule has 1 unspecified atom stereocenters. The second kappa shape index (κ2) is 7.40. The van der Waals surface area contributed by atoms with Crippen molar-refractivity contribution in [3.63, 3.8) is 0 Å². The van der Waals surface area contributed by atoms with Crippen molar-refractivity contribution in [2.24, 2.45) is 0 Å². The lowest BCUT2D eigenvalue weighted by atomic mass is 10.2. The van der Waals surface area contributed by atoms with E-state index < -0.39 is 0 Å². The first-order valence-electron chi connectivity index (χ1n) is 6.44. The lowest BCUT2D eigenvalue weighted by molar-refractivity contribution is 0.324. The molecule has 5 heteroatoms. The molecule has 0 saturated carbocycles. The van der Waals surface area contributed by atoms with Crippen molar-refractivity contribution < 1.29 is 0 Å². The Morgan fingerprint density at radius 1 is 1.35 bits per heavy atom. The van der Waals surface area contributed by atoms with Crippen LogP contribution in [0.25, 0.3) is 0 Å². The smallest absolute Gasteiger partial charge is 0.145 e. The molecule has 0 spiro atoms. The minimum Gasteiger partial charge on any atom is -0.307 e. The molecule has 1 atom stereocenters. The Labute approximate surface area is 104 Å². The first kappa shape index (κ1) is 14.1. The molecule has 0 aliphatic heterocycles. The summed E-state index contributed by atoms with van der Waals surface area (Å²) in [6.07, 6.45) is 3.87. The van der Waals surface area contributed by atoms with Gasteiger partial charge in [0.15, 0.2) is 0 Å². The molecule has 0 saturated heterocycles. The Kier molecular flexibility index (Phi) is 6.15. The SMILES string of the molecule is CCCNC(CN(C)C)c1ncnn1CCC. The number of likely N-dealkylation sites (N-methyl/N-ethyl adjacent to an activating group) is 1. The summed E-state index contributed by atoms with van der Waals surface area (Å²) in [6.45, 7) is 7.23. The maximum absolute atomic E-state index is 4.40. The fourth-order valence-corrected chi connectivity index (χ4v) is 1.85. The Hall–Kier alpha value is -0.940. The third kappa shape index (κ3) is 4.44. The number of rotatable bonds is 8. The van der Waals surface area contributed by atoms with Gasteiger partial charge in [0.2, 0.25) is 0 Å². The van der Waals surface area contributed by atoms with Gasteiger partial charge in [0.05, 0.1) is 6.04 Å². The molecule has 0 amide bonds. The van der Waals surface area contributed by atoms with Crippen LogP contribution in [-0.4, -0.2) is 46.8 Å². The fourth-order valence-electron chi connectivity index (χ4n) is 1.85. The summed E-state index contributed by atoms with van der Waals surface area (Å²) in [7, 11) is 4.17. The van der Waals surface area contributed by atoms with Crippen LogP contribution in [0.5, 0.6) is 0 Å². The van der Waals surface area contributed by atoms with Gasteiger partial charge in [-0.15, -0.1) is 0 Å². The minimum absolute atomic E-state index is 0.263. The first-order valence-corrected chi connectivity index (χ1v) is 6.44. The van der Waals surface area contributed by atoms with Gasteiger partial charge in [-0.2, -0.15) is 5.10 Å². The van der Waals surface area contributed by atoms with Crippen LogP contribution in [0.4, 0.5) is 0 Å². The normalized spacial score (nSPS) is 13.2. The molecule has 1 N–H and O–H groups in total. The average Bonchev–Trinajstić information content (AvgIpc) is 2.72. The fraction of sp³-hybridized carbons (Fsp3) is 0.833. The summed E-state index contributed by atoms with van der Waals surface area (Å²) < 4.78 is 2.01. The zero-order valence-corrected chi connectivity index (χ0v) is 11.5. The highest BCUT2D eigenvalue weighted by molar-refractivity contribution is 4.95. The van der Waals surface area contributed by atoms with Gasteiger partial charge < -0.3 is 10.2 Å². The van der Waals surface area contributed by atoms with E-state index in [1.165, 1.54) is 0 Å². The highest BCUT2D eigenvalue weighted by Crippen LogP contribution is 2.11. The van der Waals surface area contributed by atoms with E-state index in [4.69, 9.17) is 0 Å². The van der Waals surface area contributed by atoms with E-state index in [2.05, 4.69) is 48.2 Å². The lowest BCUT2D eigenvalue weighted by Crippen LogP contribution is -2.34. The van der Waals surface area contributed by atoms with E-state index in [9.17, 15) is 0 Å². The molecule has 0 radical (unpaired) electrons. The molecule has 0 fully saturated rings. The molecule has 0 aromatic carbocycles. The Balaban J connectivity index is 2.75. The molecule has 0 bridgehead atoms. The van der Waals surface area contributed by atoms with Gasteiger partial charge in [0.25, 0.3) is 0 Å². The third-order valence-corrected chi connectivity index (χ3v) is 2.58. The van der Waals surface area contributed by atoms with Crippen molar-refractivity contribution in [2.45, 2.75) is 39.3 Å². The quantitative estimate of drug-likeness (QED) is 0.742. The number of aromatic nitrogens is 3. The number of hydrogen-bond donors (Lipinski definition) is 1. The Morgan fingerprint density at radius 3 is 2.71 bits per heavy atom. The first-order chi connectivity index (χ1) is 8.19. The number of hydrogen-bond acceptors (Lipinski definition) is 4. The predicted octanol–water partition coefficient (Wildman–Crippen LogP) is 1.29. The molecule has 17 heavy (non-hydrogen) atoms. The van der Waals surface area contributed by atoms with Crippen molar-refractivity contribution in [1.29, 1.82) is 0 Å². The summed E-state index contributed by atoms with van der Waals surface area (Å²) in [5.74, 6) is 1.05. The van der Waals surface area contributed by atoms with E-state index >= 15 is 0 Å². The summed E-state index contributed by atoms with van der Waals surface area (Å²) >= 11 is 0. The molecular formula is C12H25N5. The van der Waals surface area contributed by atoms with Crippen molar-refractivity contribution in [1.82, 2.24) is 25.0 Å². The summed E-state index contributed by atoms with van der Waals surface area (Å²) in [4.78, 5) is 6.58. The molecular weight excluding hydrogens is 214 g/mol. The minimum atomic E-state index is 0.263. The van der Waals surface area contributed by atoms with Crippen molar-refractivity contribution in [3.8, 4) is 0 Å². The Bertz CT molecular complexity index is 308. The van der Waals surface area contributed by atoms with Crippen LogP contribution in [-0.2, 0) is 6.54 Å². The zero-order valence-electron chi connectivity index (χ0n) is 11.5. The third-order valence-electron chi connectivity index (χ3n) is 2.58. The molecule has 5 nitrogen and oxygen atoms in total. The zero-order chi connectivity index (χ0) is 12.7. The van der Waals surface area contributed by atoms with Crippen molar-refractivity contribution >= 4 is 0 Å². The summed E-state index contributed by atoms with van der Waals surface area (Å²) in [6, 6.07) is 0.263. The maximum atomic E-state index is 4.40. The van der Waals surface area contributed by atoms with Crippen molar-refractivity contribution in [2.75, 3.05) is 27.2 Å². The van der Waals surface area contributed by atoms with Crippen LogP contribution in [0, 0.1) is 0 Å². The monoisotopic (exact) mass is 239 g/mol. The van der Waals surface area contributed by atoms with E-state index in [-0.39, 0.29) is 6.04 Å². The van der Waals surface area contributed by atoms with Gasteiger partial charge in [-0.05, 0) is 33.5 Å². The Morgan fingerprint density at radius 2 is 2.12 bits per heavy atom. The van der Waals surface area contributed by atoms with Gasteiger partial charge >= 0.3 is 0 Å². The van der Waals surface area contributed by atoms with Crippen molar-refractivity contribution in [3.05, 3.63) is 12.2 Å². The second-order valence-electron chi connectivity index (χ2n) is 4.61. The van der Waals surface area contributed by atoms with Crippen LogP contribution in [0.1, 0.15) is 38.6 Å². The lowest BCUT2D eigenvalue weighted by Gasteiger charge is -2.22. The van der Waals surface area contributed by atoms with Gasteiger partial charge in [-0.25, -0.2) is 9.67 Å². The van der Waals surface area contributed by atoms with Crippen LogP contribution < -0.4 is 5.32 Å². The number of nitrogens with zero attached hydrogens (tertiary/aromatic N) is 4. The van der Waals surface area contributed by atoms with E-state index in [1.54, 1.807) is 6.33 Å². The van der Waals surface area contributed by atoms with Crippen LogP contribution in [0.3, 0.4) is 0 Å². The predicted molar refractivity (Wildman–Crippen MR) is 69.9 cm³/mol. The van der Waals surface area contributed by atoms with Crippen LogP contribution >= 0.6 is 0 Å². The average molecular weight is 239 g/mol. The maximum Gasteiger partial charge on any atom is 0.145 e. The highest BCUT2D eigenvalue weighted by Gasteiger charge is 2.17. The van der Waals surface area contributed by atoms with Crippen LogP contribution in [0.15, 0.2) is 6.33 Å². The van der Waals surface area contributed by atoms with E-state index in [1.807, 2.05) is 4.68 Å². The van der Waals surface area contributed by atoms with E-state index in [0.29, 0.717) is 0 Å². The highest BCUT2D eigenvalue weighted by atomic mass is 15.3. The van der Waals surface area contributed by atoms with Gasteiger partial charge in [-0.3, -0.25) is 0 Å². The van der Waals surface area contributed by atoms with Gasteiger partial charge in [0.1, 0.15) is 12.2 Å². The molecule has 0 aliphatic rings. The van der Waals surface area contributed by atoms with E-state index in [0.717, 1.165) is 38.3 Å².